The molecule has 0 unspecified atom stereocenters. The second kappa shape index (κ2) is 9.38. The lowest BCUT2D eigenvalue weighted by Crippen LogP contribution is -2.23. The number of amides is 1. The number of carbonyl (C=O) groups excluding carboxylic acids is 2. The molecule has 170 valence electrons. The molecule has 0 bridgehead atoms. The molecule has 11 heteroatoms. The molecular formula is C22H23N7O3S. The van der Waals surface area contributed by atoms with E-state index in [4.69, 9.17) is 4.74 Å². The Morgan fingerprint density at radius 2 is 2.12 bits per heavy atom. The number of esters is 1. The SMILES string of the molecule is CCOC(=O)c1c(NC(=O)/C(C#N)=N/Nc2[nH]nc3nc(C)cc(C)c23)sc2c1CCCC2. The molecule has 0 saturated carbocycles. The van der Waals surface area contributed by atoms with Gasteiger partial charge in [0.15, 0.2) is 11.5 Å². The van der Waals surface area contributed by atoms with Gasteiger partial charge in [0.25, 0.3) is 5.91 Å². The van der Waals surface area contributed by atoms with E-state index in [1.807, 2.05) is 19.9 Å². The normalized spacial score (nSPS) is 13.3. The summed E-state index contributed by atoms with van der Waals surface area (Å²) in [5.74, 6) is -0.763. The van der Waals surface area contributed by atoms with E-state index in [1.54, 1.807) is 13.0 Å². The molecule has 0 spiro atoms. The smallest absolute Gasteiger partial charge is 0.341 e. The Morgan fingerprint density at radius 3 is 2.88 bits per heavy atom. The molecule has 0 radical (unpaired) electrons. The van der Waals surface area contributed by atoms with Gasteiger partial charge in [-0.1, -0.05) is 0 Å². The van der Waals surface area contributed by atoms with Crippen LogP contribution in [0.15, 0.2) is 11.2 Å². The van der Waals surface area contributed by atoms with Crippen LogP contribution in [0.2, 0.25) is 0 Å². The molecule has 10 nitrogen and oxygen atoms in total. The topological polar surface area (TPSA) is 145 Å². The van der Waals surface area contributed by atoms with Crippen LogP contribution in [0.1, 0.15) is 51.8 Å². The van der Waals surface area contributed by atoms with Crippen molar-refractivity contribution in [2.45, 2.75) is 46.5 Å². The molecule has 3 heterocycles. The highest BCUT2D eigenvalue weighted by Gasteiger charge is 2.28. The van der Waals surface area contributed by atoms with Crippen molar-refractivity contribution in [2.75, 3.05) is 17.3 Å². The average Bonchev–Trinajstić information content (AvgIpc) is 3.35. The first-order chi connectivity index (χ1) is 15.9. The lowest BCUT2D eigenvalue weighted by atomic mass is 9.95. The Hall–Kier alpha value is -3.78. The summed E-state index contributed by atoms with van der Waals surface area (Å²) in [6, 6.07) is 3.71. The van der Waals surface area contributed by atoms with Gasteiger partial charge >= 0.3 is 5.97 Å². The van der Waals surface area contributed by atoms with E-state index >= 15 is 0 Å². The van der Waals surface area contributed by atoms with E-state index in [0.29, 0.717) is 22.0 Å². The van der Waals surface area contributed by atoms with Crippen molar-refractivity contribution in [1.82, 2.24) is 15.2 Å². The fourth-order valence-corrected chi connectivity index (χ4v) is 5.20. The number of rotatable bonds is 6. The van der Waals surface area contributed by atoms with Crippen molar-refractivity contribution >= 4 is 50.8 Å². The van der Waals surface area contributed by atoms with Gasteiger partial charge in [0, 0.05) is 10.6 Å². The summed E-state index contributed by atoms with van der Waals surface area (Å²) in [6.45, 7) is 5.75. The van der Waals surface area contributed by atoms with Gasteiger partial charge in [-0.15, -0.1) is 11.3 Å². The third-order valence-corrected chi connectivity index (χ3v) is 6.53. The van der Waals surface area contributed by atoms with Crippen LogP contribution >= 0.6 is 11.3 Å². The van der Waals surface area contributed by atoms with Gasteiger partial charge in [-0.25, -0.2) is 9.78 Å². The molecule has 0 aromatic carbocycles. The minimum absolute atomic E-state index is 0.234. The van der Waals surface area contributed by atoms with E-state index in [9.17, 15) is 14.9 Å². The number of hydrogen-bond acceptors (Lipinski definition) is 9. The van der Waals surface area contributed by atoms with Crippen LogP contribution in [-0.4, -0.2) is 39.4 Å². The lowest BCUT2D eigenvalue weighted by molar-refractivity contribution is -0.110. The zero-order valence-electron chi connectivity index (χ0n) is 18.5. The maximum absolute atomic E-state index is 12.8. The maximum Gasteiger partial charge on any atom is 0.341 e. The van der Waals surface area contributed by atoms with Gasteiger partial charge in [0.2, 0.25) is 5.71 Å². The Balaban J connectivity index is 1.59. The minimum Gasteiger partial charge on any atom is -0.462 e. The van der Waals surface area contributed by atoms with Gasteiger partial charge < -0.3 is 10.1 Å². The first kappa shape index (κ1) is 22.4. The highest BCUT2D eigenvalue weighted by molar-refractivity contribution is 7.17. The summed E-state index contributed by atoms with van der Waals surface area (Å²) < 4.78 is 5.21. The van der Waals surface area contributed by atoms with Crippen LogP contribution in [0.5, 0.6) is 0 Å². The van der Waals surface area contributed by atoms with Crippen LogP contribution < -0.4 is 10.7 Å². The highest BCUT2D eigenvalue weighted by Crippen LogP contribution is 2.38. The number of carbonyl (C=O) groups is 2. The van der Waals surface area contributed by atoms with Crippen LogP contribution in [0.4, 0.5) is 10.8 Å². The van der Waals surface area contributed by atoms with E-state index in [2.05, 4.69) is 31.0 Å². The molecule has 3 aromatic heterocycles. The molecule has 1 aliphatic carbocycles. The maximum atomic E-state index is 12.8. The fraction of sp³-hybridized carbons (Fsp3) is 0.364. The first-order valence-electron chi connectivity index (χ1n) is 10.6. The minimum atomic E-state index is -0.719. The van der Waals surface area contributed by atoms with E-state index in [-0.39, 0.29) is 6.61 Å². The summed E-state index contributed by atoms with van der Waals surface area (Å²) in [4.78, 5) is 30.8. The standard InChI is InChI=1S/C22H23N7O3S/c1-4-32-22(31)17-13-7-5-6-8-15(13)33-21(17)25-20(30)14(10-23)26-28-19-16-11(2)9-12(3)24-18(16)27-29-19/h9H,4-8H2,1-3H3,(H,25,30)(H2,24,27,28,29)/b26-14+. The van der Waals surface area contributed by atoms with Crippen molar-refractivity contribution in [3.05, 3.63) is 33.3 Å². The largest absolute Gasteiger partial charge is 0.462 e. The van der Waals surface area contributed by atoms with Crippen molar-refractivity contribution in [3.63, 3.8) is 0 Å². The Bertz CT molecular complexity index is 1320. The van der Waals surface area contributed by atoms with E-state index in [1.165, 1.54) is 11.3 Å². The summed E-state index contributed by atoms with van der Waals surface area (Å²) in [5.41, 5.74) is 5.89. The number of fused-ring (bicyclic) bond motifs is 2. The number of thiophene rings is 1. The summed E-state index contributed by atoms with van der Waals surface area (Å²) in [5, 5.41) is 24.2. The van der Waals surface area contributed by atoms with E-state index in [0.717, 1.165) is 52.8 Å². The molecule has 3 aromatic rings. The number of H-pyrrole nitrogens is 1. The zero-order valence-corrected chi connectivity index (χ0v) is 19.4. The van der Waals surface area contributed by atoms with Gasteiger partial charge in [-0.2, -0.15) is 15.5 Å². The highest BCUT2D eigenvalue weighted by atomic mass is 32.1. The van der Waals surface area contributed by atoms with Gasteiger partial charge in [0.05, 0.1) is 17.6 Å². The zero-order chi connectivity index (χ0) is 23.5. The third-order valence-electron chi connectivity index (χ3n) is 5.33. The number of anilines is 2. The first-order valence-corrected chi connectivity index (χ1v) is 11.4. The second-order valence-electron chi connectivity index (χ2n) is 7.65. The van der Waals surface area contributed by atoms with Gasteiger partial charge in [-0.05, 0) is 63.6 Å². The lowest BCUT2D eigenvalue weighted by Gasteiger charge is -2.12. The molecule has 1 aliphatic rings. The summed E-state index contributed by atoms with van der Waals surface area (Å²) >= 11 is 1.35. The molecule has 0 fully saturated rings. The Kier molecular flexibility index (Phi) is 6.37. The molecule has 0 saturated heterocycles. The number of pyridine rings is 1. The van der Waals surface area contributed by atoms with Crippen molar-refractivity contribution in [3.8, 4) is 6.07 Å². The molecule has 33 heavy (non-hydrogen) atoms. The number of hydrazone groups is 1. The number of hydrogen-bond donors (Lipinski definition) is 3. The van der Waals surface area contributed by atoms with Crippen molar-refractivity contribution in [2.24, 2.45) is 5.10 Å². The number of nitrogens with zero attached hydrogens (tertiary/aromatic N) is 4. The average molecular weight is 466 g/mol. The van der Waals surface area contributed by atoms with Crippen LogP contribution in [0.25, 0.3) is 11.0 Å². The van der Waals surface area contributed by atoms with Crippen LogP contribution in [0.3, 0.4) is 0 Å². The predicted octanol–water partition coefficient (Wildman–Crippen LogP) is 3.62. The fourth-order valence-electron chi connectivity index (χ4n) is 3.93. The second-order valence-corrected chi connectivity index (χ2v) is 8.76. The van der Waals surface area contributed by atoms with Crippen molar-refractivity contribution in [1.29, 1.82) is 5.26 Å². The molecule has 1 amide bonds. The Labute approximate surface area is 194 Å². The van der Waals surface area contributed by atoms with E-state index < -0.39 is 17.6 Å². The van der Waals surface area contributed by atoms with Crippen LogP contribution in [0, 0.1) is 25.2 Å². The predicted molar refractivity (Wildman–Crippen MR) is 126 cm³/mol. The molecule has 0 atom stereocenters. The monoisotopic (exact) mass is 465 g/mol. The number of nitriles is 1. The van der Waals surface area contributed by atoms with Gasteiger partial charge in [0.1, 0.15) is 11.1 Å². The van der Waals surface area contributed by atoms with Crippen LogP contribution in [-0.2, 0) is 22.4 Å². The number of nitrogens with one attached hydrogen (secondary N) is 3. The summed E-state index contributed by atoms with van der Waals surface area (Å²) in [7, 11) is 0. The third kappa shape index (κ3) is 4.42. The van der Waals surface area contributed by atoms with Crippen molar-refractivity contribution < 1.29 is 14.3 Å². The quantitative estimate of drug-likeness (QED) is 0.286. The molecule has 0 aliphatic heterocycles. The number of ether oxygens (including phenoxy) is 1. The summed E-state index contributed by atoms with van der Waals surface area (Å²) in [6.07, 6.45) is 3.62. The Morgan fingerprint density at radius 1 is 1.33 bits per heavy atom. The number of aromatic amines is 1. The van der Waals surface area contributed by atoms with Gasteiger partial charge in [-0.3, -0.25) is 15.3 Å². The molecular weight excluding hydrogens is 442 g/mol. The molecule has 3 N–H and O–H groups in total. The number of aromatic nitrogens is 3. The number of aryl methyl sites for hydroxylation is 3. The molecule has 4 rings (SSSR count).